The molecular formula is C12H10BrF4NO2. The Bertz CT molecular complexity index is 549. The topological polar surface area (TPSA) is 40.5 Å². The minimum atomic E-state index is -4.79. The first-order valence-electron chi connectivity index (χ1n) is 5.67. The van der Waals surface area contributed by atoms with Gasteiger partial charge in [-0.1, -0.05) is 0 Å². The summed E-state index contributed by atoms with van der Waals surface area (Å²) in [6.07, 6.45) is -5.36. The predicted octanol–water partition coefficient (Wildman–Crippen LogP) is 2.73. The predicted molar refractivity (Wildman–Crippen MR) is 65.6 cm³/mol. The average Bonchev–Trinajstić information content (AvgIpc) is 2.72. The van der Waals surface area contributed by atoms with Gasteiger partial charge in [-0.3, -0.25) is 4.79 Å². The van der Waals surface area contributed by atoms with E-state index < -0.39 is 36.5 Å². The second kappa shape index (κ2) is 5.00. The molecule has 2 rings (SSSR count). The molecule has 1 aromatic rings. The number of rotatable bonds is 1. The van der Waals surface area contributed by atoms with Gasteiger partial charge >= 0.3 is 6.18 Å². The zero-order valence-electron chi connectivity index (χ0n) is 10.0. The molecule has 1 unspecified atom stereocenters. The van der Waals surface area contributed by atoms with Crippen LogP contribution in [0.2, 0.25) is 0 Å². The second-order valence-corrected chi connectivity index (χ2v) is 5.48. The minimum absolute atomic E-state index is 0.0535. The number of carbonyl (C=O) groups excluding carboxylic acids is 1. The quantitative estimate of drug-likeness (QED) is 0.787. The largest absolute Gasteiger partial charge is 0.419 e. The number of likely N-dealkylation sites (tertiary alicyclic amines) is 1. The van der Waals surface area contributed by atoms with E-state index in [1.165, 1.54) is 6.07 Å². The van der Waals surface area contributed by atoms with Gasteiger partial charge in [0.25, 0.3) is 5.91 Å². The van der Waals surface area contributed by atoms with Crippen molar-refractivity contribution in [1.29, 1.82) is 0 Å². The fourth-order valence-electron chi connectivity index (χ4n) is 2.03. The molecule has 1 heterocycles. The van der Waals surface area contributed by atoms with Gasteiger partial charge in [0.1, 0.15) is 5.82 Å². The lowest BCUT2D eigenvalue weighted by molar-refractivity contribution is -0.253. The molecule has 0 radical (unpaired) electrons. The van der Waals surface area contributed by atoms with Crippen molar-refractivity contribution < 1.29 is 27.5 Å². The van der Waals surface area contributed by atoms with Crippen LogP contribution in [-0.2, 0) is 0 Å². The Morgan fingerprint density at radius 1 is 1.40 bits per heavy atom. The summed E-state index contributed by atoms with van der Waals surface area (Å²) in [5, 5.41) is 9.52. The summed E-state index contributed by atoms with van der Waals surface area (Å²) >= 11 is 2.99. The van der Waals surface area contributed by atoms with Crippen molar-refractivity contribution in [3.63, 3.8) is 0 Å². The van der Waals surface area contributed by atoms with Crippen LogP contribution in [-0.4, -0.2) is 40.8 Å². The Kier molecular flexibility index (Phi) is 3.81. The summed E-state index contributed by atoms with van der Waals surface area (Å²) < 4.78 is 51.1. The molecule has 1 aromatic carbocycles. The van der Waals surface area contributed by atoms with Gasteiger partial charge in [0.2, 0.25) is 0 Å². The van der Waals surface area contributed by atoms with E-state index in [9.17, 15) is 27.5 Å². The zero-order valence-corrected chi connectivity index (χ0v) is 11.6. The Balaban J connectivity index is 2.20. The number of aliphatic hydroxyl groups is 1. The fraction of sp³-hybridized carbons (Fsp3) is 0.417. The van der Waals surface area contributed by atoms with E-state index in [-0.39, 0.29) is 16.6 Å². The first-order chi connectivity index (χ1) is 9.14. The highest BCUT2D eigenvalue weighted by atomic mass is 79.9. The van der Waals surface area contributed by atoms with E-state index in [2.05, 4.69) is 15.9 Å². The van der Waals surface area contributed by atoms with Gasteiger partial charge in [0.15, 0.2) is 5.60 Å². The normalized spacial score (nSPS) is 23.2. The number of halogens is 5. The number of β-amino-alcohol motifs (C(OH)–C–C–N with tert-alkyl or cyclic N) is 1. The maximum Gasteiger partial charge on any atom is 0.419 e. The Morgan fingerprint density at radius 2 is 2.05 bits per heavy atom. The van der Waals surface area contributed by atoms with E-state index in [4.69, 9.17) is 0 Å². The lowest BCUT2D eigenvalue weighted by Crippen LogP contribution is -2.48. The van der Waals surface area contributed by atoms with Crippen LogP contribution in [0.25, 0.3) is 0 Å². The van der Waals surface area contributed by atoms with Crippen molar-refractivity contribution in [2.24, 2.45) is 0 Å². The summed E-state index contributed by atoms with van der Waals surface area (Å²) in [4.78, 5) is 13.0. The zero-order chi connectivity index (χ0) is 15.1. The van der Waals surface area contributed by atoms with Gasteiger partial charge in [0, 0.05) is 17.4 Å². The van der Waals surface area contributed by atoms with Crippen LogP contribution in [0.3, 0.4) is 0 Å². The lowest BCUT2D eigenvalue weighted by atomic mass is 10.0. The number of amides is 1. The molecular weight excluding hydrogens is 346 g/mol. The first kappa shape index (κ1) is 15.2. The third-order valence-corrected chi connectivity index (χ3v) is 3.88. The van der Waals surface area contributed by atoms with Crippen molar-refractivity contribution in [1.82, 2.24) is 4.90 Å². The summed E-state index contributed by atoms with van der Waals surface area (Å²) in [7, 11) is 0. The van der Waals surface area contributed by atoms with Crippen LogP contribution in [0.5, 0.6) is 0 Å². The highest BCUT2D eigenvalue weighted by molar-refractivity contribution is 9.10. The molecule has 1 aliphatic rings. The van der Waals surface area contributed by atoms with Crippen LogP contribution in [0, 0.1) is 5.82 Å². The fourth-order valence-corrected chi connectivity index (χ4v) is 2.55. The third-order valence-electron chi connectivity index (χ3n) is 3.22. The highest BCUT2D eigenvalue weighted by Crippen LogP contribution is 2.38. The van der Waals surface area contributed by atoms with Crippen LogP contribution in [0.15, 0.2) is 22.7 Å². The molecule has 0 bridgehead atoms. The van der Waals surface area contributed by atoms with Crippen LogP contribution in [0.1, 0.15) is 16.8 Å². The van der Waals surface area contributed by atoms with Crippen molar-refractivity contribution >= 4 is 21.8 Å². The van der Waals surface area contributed by atoms with E-state index >= 15 is 0 Å². The number of carbonyl (C=O) groups is 1. The Labute approximate surface area is 120 Å². The SMILES string of the molecule is O=C(c1ccc(F)cc1Br)N1CCC(O)(C(F)(F)F)C1. The monoisotopic (exact) mass is 355 g/mol. The van der Waals surface area contributed by atoms with Gasteiger partial charge in [-0.05, 0) is 34.1 Å². The molecule has 8 heteroatoms. The highest BCUT2D eigenvalue weighted by Gasteiger charge is 2.57. The number of benzene rings is 1. The minimum Gasteiger partial charge on any atom is -0.379 e. The molecule has 1 fully saturated rings. The van der Waals surface area contributed by atoms with Crippen molar-refractivity contribution in [3.8, 4) is 0 Å². The van der Waals surface area contributed by atoms with E-state index in [0.29, 0.717) is 0 Å². The standard InChI is InChI=1S/C12H10BrF4NO2/c13-9-5-7(14)1-2-8(9)10(19)18-4-3-11(20,6-18)12(15,16)17/h1-2,5,20H,3-4,6H2. The summed E-state index contributed by atoms with van der Waals surface area (Å²) in [6.45, 7) is -1.03. The van der Waals surface area contributed by atoms with Crippen molar-refractivity contribution in [2.75, 3.05) is 13.1 Å². The van der Waals surface area contributed by atoms with Crippen LogP contribution < -0.4 is 0 Å². The van der Waals surface area contributed by atoms with Crippen LogP contribution >= 0.6 is 15.9 Å². The molecule has 0 saturated carbocycles. The second-order valence-electron chi connectivity index (χ2n) is 4.63. The number of hydrogen-bond donors (Lipinski definition) is 1. The maximum absolute atomic E-state index is 12.9. The molecule has 110 valence electrons. The molecule has 0 aliphatic carbocycles. The number of nitrogens with zero attached hydrogens (tertiary/aromatic N) is 1. The molecule has 1 N–H and O–H groups in total. The molecule has 1 aliphatic heterocycles. The molecule has 0 aromatic heterocycles. The maximum atomic E-state index is 12.9. The third kappa shape index (κ3) is 2.67. The van der Waals surface area contributed by atoms with E-state index in [0.717, 1.165) is 17.0 Å². The molecule has 20 heavy (non-hydrogen) atoms. The van der Waals surface area contributed by atoms with Crippen LogP contribution in [0.4, 0.5) is 17.6 Å². The van der Waals surface area contributed by atoms with E-state index in [1.807, 2.05) is 0 Å². The smallest absolute Gasteiger partial charge is 0.379 e. The number of hydrogen-bond acceptors (Lipinski definition) is 2. The lowest BCUT2D eigenvalue weighted by Gasteiger charge is -2.26. The molecule has 0 spiro atoms. The van der Waals surface area contributed by atoms with Gasteiger partial charge in [-0.2, -0.15) is 13.2 Å². The van der Waals surface area contributed by atoms with Crippen molar-refractivity contribution in [2.45, 2.75) is 18.2 Å². The van der Waals surface area contributed by atoms with E-state index in [1.54, 1.807) is 0 Å². The molecule has 3 nitrogen and oxygen atoms in total. The van der Waals surface area contributed by atoms with Crippen molar-refractivity contribution in [3.05, 3.63) is 34.1 Å². The average molecular weight is 356 g/mol. The summed E-state index contributed by atoms with van der Waals surface area (Å²) in [6, 6.07) is 3.29. The molecule has 1 atom stereocenters. The van der Waals surface area contributed by atoms with Gasteiger partial charge in [0.05, 0.1) is 12.1 Å². The first-order valence-corrected chi connectivity index (χ1v) is 6.47. The van der Waals surface area contributed by atoms with Gasteiger partial charge in [-0.25, -0.2) is 4.39 Å². The number of alkyl halides is 3. The van der Waals surface area contributed by atoms with Gasteiger partial charge in [-0.15, -0.1) is 0 Å². The summed E-state index contributed by atoms with van der Waals surface area (Å²) in [5.74, 6) is -1.25. The Hall–Kier alpha value is -1.15. The van der Waals surface area contributed by atoms with Gasteiger partial charge < -0.3 is 10.0 Å². The molecule has 1 amide bonds. The summed E-state index contributed by atoms with van der Waals surface area (Å²) in [5.41, 5.74) is -2.83. The Morgan fingerprint density at radius 3 is 2.55 bits per heavy atom. The molecule has 1 saturated heterocycles.